The van der Waals surface area contributed by atoms with Gasteiger partial charge in [0, 0.05) is 18.7 Å². The first-order chi connectivity index (χ1) is 10.3. The summed E-state index contributed by atoms with van der Waals surface area (Å²) in [6.45, 7) is 0. The predicted molar refractivity (Wildman–Crippen MR) is 86.5 cm³/mol. The van der Waals surface area contributed by atoms with Gasteiger partial charge in [-0.1, -0.05) is 49.6 Å². The number of aromatic nitrogens is 1. The van der Waals surface area contributed by atoms with Crippen molar-refractivity contribution in [3.8, 4) is 10.6 Å². The van der Waals surface area contributed by atoms with Gasteiger partial charge < -0.3 is 4.90 Å². The van der Waals surface area contributed by atoms with Crippen LogP contribution in [0.1, 0.15) is 41.8 Å². The average Bonchev–Trinajstić information content (AvgIpc) is 3.05. The van der Waals surface area contributed by atoms with Crippen LogP contribution in [0.15, 0.2) is 36.5 Å². The third-order valence-electron chi connectivity index (χ3n) is 4.18. The molecule has 1 aliphatic carbocycles. The number of hydrogen-bond donors (Lipinski definition) is 0. The first kappa shape index (κ1) is 14.3. The Bertz CT molecular complexity index is 602. The second kappa shape index (κ2) is 6.39. The van der Waals surface area contributed by atoms with E-state index in [2.05, 4.69) is 4.98 Å². The van der Waals surface area contributed by atoms with Crippen molar-refractivity contribution in [2.24, 2.45) is 0 Å². The van der Waals surface area contributed by atoms with E-state index in [1.165, 1.54) is 30.6 Å². The summed E-state index contributed by atoms with van der Waals surface area (Å²) < 4.78 is 0. The summed E-state index contributed by atoms with van der Waals surface area (Å²) in [6.07, 6.45) is 7.76. The molecule has 2 aromatic rings. The molecule has 1 aromatic carbocycles. The van der Waals surface area contributed by atoms with Crippen molar-refractivity contribution < 1.29 is 4.79 Å². The Kier molecular flexibility index (Phi) is 4.34. The van der Waals surface area contributed by atoms with Gasteiger partial charge in [-0.05, 0) is 12.8 Å². The Hall–Kier alpha value is -1.68. The van der Waals surface area contributed by atoms with Gasteiger partial charge in [-0.25, -0.2) is 4.98 Å². The lowest BCUT2D eigenvalue weighted by Gasteiger charge is -2.30. The fourth-order valence-corrected chi connectivity index (χ4v) is 3.80. The minimum absolute atomic E-state index is 0.113. The molecule has 1 fully saturated rings. The van der Waals surface area contributed by atoms with Gasteiger partial charge >= 0.3 is 0 Å². The molecule has 3 rings (SSSR count). The zero-order valence-corrected chi connectivity index (χ0v) is 13.1. The molecular weight excluding hydrogens is 280 g/mol. The fourth-order valence-electron chi connectivity index (χ4n) is 2.90. The fraction of sp³-hybridized carbons (Fsp3) is 0.412. The number of amides is 1. The molecule has 0 atom stereocenters. The Morgan fingerprint density at radius 1 is 1.19 bits per heavy atom. The van der Waals surface area contributed by atoms with Gasteiger partial charge in [0.15, 0.2) is 0 Å². The van der Waals surface area contributed by atoms with Crippen LogP contribution in [0.3, 0.4) is 0 Å². The summed E-state index contributed by atoms with van der Waals surface area (Å²) in [6, 6.07) is 10.4. The highest BCUT2D eigenvalue weighted by Crippen LogP contribution is 2.28. The summed E-state index contributed by atoms with van der Waals surface area (Å²) in [5, 5.41) is 0.913. The monoisotopic (exact) mass is 300 g/mol. The van der Waals surface area contributed by atoms with Gasteiger partial charge in [0.25, 0.3) is 5.91 Å². The lowest BCUT2D eigenvalue weighted by Crippen LogP contribution is -2.37. The van der Waals surface area contributed by atoms with Gasteiger partial charge in [-0.3, -0.25) is 4.79 Å². The highest BCUT2D eigenvalue weighted by atomic mass is 32.1. The Morgan fingerprint density at radius 3 is 2.62 bits per heavy atom. The molecule has 1 aromatic heterocycles. The Labute approximate surface area is 129 Å². The largest absolute Gasteiger partial charge is 0.338 e. The van der Waals surface area contributed by atoms with Crippen LogP contribution in [-0.4, -0.2) is 28.9 Å². The molecule has 0 unspecified atom stereocenters. The molecule has 4 heteroatoms. The number of thiazole rings is 1. The molecule has 0 radical (unpaired) electrons. The first-order valence-corrected chi connectivity index (χ1v) is 8.36. The second-order valence-electron chi connectivity index (χ2n) is 5.60. The summed E-state index contributed by atoms with van der Waals surface area (Å²) in [4.78, 5) is 19.6. The van der Waals surface area contributed by atoms with E-state index in [0.717, 1.165) is 28.3 Å². The molecular formula is C17H20N2OS. The molecule has 0 aliphatic heterocycles. The van der Waals surface area contributed by atoms with Gasteiger partial charge in [-0.15, -0.1) is 11.3 Å². The van der Waals surface area contributed by atoms with Gasteiger partial charge in [0.2, 0.25) is 0 Å². The van der Waals surface area contributed by atoms with Crippen LogP contribution in [0.5, 0.6) is 0 Å². The van der Waals surface area contributed by atoms with E-state index in [9.17, 15) is 4.79 Å². The molecule has 3 nitrogen and oxygen atoms in total. The molecule has 1 heterocycles. The zero-order chi connectivity index (χ0) is 14.7. The standard InChI is InChI=1S/C17H20N2OS/c1-19(14-10-6-3-7-11-14)17(20)15-12-18-16(21-15)13-8-4-2-5-9-13/h2,4-5,8-9,12,14H,3,6-7,10-11H2,1H3. The topological polar surface area (TPSA) is 33.2 Å². The maximum atomic E-state index is 12.6. The van der Waals surface area contributed by atoms with Crippen molar-refractivity contribution in [1.82, 2.24) is 9.88 Å². The van der Waals surface area contributed by atoms with Crippen LogP contribution < -0.4 is 0 Å². The van der Waals surface area contributed by atoms with Crippen molar-refractivity contribution in [3.63, 3.8) is 0 Å². The van der Waals surface area contributed by atoms with Crippen LogP contribution in [0.25, 0.3) is 10.6 Å². The smallest absolute Gasteiger partial charge is 0.265 e. The summed E-state index contributed by atoms with van der Waals surface area (Å²) in [5.74, 6) is 0.113. The van der Waals surface area contributed by atoms with Gasteiger partial charge in [0.1, 0.15) is 9.88 Å². The highest BCUT2D eigenvalue weighted by molar-refractivity contribution is 7.16. The molecule has 1 aliphatic rings. The highest BCUT2D eigenvalue weighted by Gasteiger charge is 2.24. The van der Waals surface area contributed by atoms with E-state index >= 15 is 0 Å². The number of carbonyl (C=O) groups excluding carboxylic acids is 1. The van der Waals surface area contributed by atoms with Crippen molar-refractivity contribution in [2.45, 2.75) is 38.1 Å². The third-order valence-corrected chi connectivity index (χ3v) is 5.21. The SMILES string of the molecule is CN(C(=O)c1cnc(-c2ccccc2)s1)C1CCCCC1. The molecule has 110 valence electrons. The van der Waals surface area contributed by atoms with Gasteiger partial charge in [-0.2, -0.15) is 0 Å². The van der Waals surface area contributed by atoms with Crippen LogP contribution >= 0.6 is 11.3 Å². The first-order valence-electron chi connectivity index (χ1n) is 7.54. The van der Waals surface area contributed by atoms with Gasteiger partial charge in [0.05, 0.1) is 6.20 Å². The quantitative estimate of drug-likeness (QED) is 0.850. The lowest BCUT2D eigenvalue weighted by molar-refractivity contribution is 0.0701. The predicted octanol–water partition coefficient (Wildman–Crippen LogP) is 4.21. The van der Waals surface area contributed by atoms with E-state index < -0.39 is 0 Å². The molecule has 0 saturated heterocycles. The van der Waals surface area contributed by atoms with E-state index in [1.807, 2.05) is 42.3 Å². The van der Waals surface area contributed by atoms with E-state index in [0.29, 0.717) is 6.04 Å². The van der Waals surface area contributed by atoms with Crippen molar-refractivity contribution in [3.05, 3.63) is 41.4 Å². The minimum Gasteiger partial charge on any atom is -0.338 e. The molecule has 1 amide bonds. The number of benzene rings is 1. The number of carbonyl (C=O) groups is 1. The molecule has 0 spiro atoms. The molecule has 1 saturated carbocycles. The summed E-state index contributed by atoms with van der Waals surface area (Å²) in [5.41, 5.74) is 1.07. The van der Waals surface area contributed by atoms with E-state index in [4.69, 9.17) is 0 Å². The average molecular weight is 300 g/mol. The minimum atomic E-state index is 0.113. The summed E-state index contributed by atoms with van der Waals surface area (Å²) >= 11 is 1.48. The Morgan fingerprint density at radius 2 is 1.90 bits per heavy atom. The number of hydrogen-bond acceptors (Lipinski definition) is 3. The van der Waals surface area contributed by atoms with E-state index in [1.54, 1.807) is 6.20 Å². The van der Waals surface area contributed by atoms with Crippen LogP contribution in [-0.2, 0) is 0 Å². The van der Waals surface area contributed by atoms with E-state index in [-0.39, 0.29) is 5.91 Å². The van der Waals surface area contributed by atoms with Crippen molar-refractivity contribution in [1.29, 1.82) is 0 Å². The molecule has 21 heavy (non-hydrogen) atoms. The second-order valence-corrected chi connectivity index (χ2v) is 6.63. The van der Waals surface area contributed by atoms with Crippen LogP contribution in [0.2, 0.25) is 0 Å². The van der Waals surface area contributed by atoms with Crippen LogP contribution in [0.4, 0.5) is 0 Å². The number of rotatable bonds is 3. The van der Waals surface area contributed by atoms with Crippen molar-refractivity contribution >= 4 is 17.2 Å². The summed E-state index contributed by atoms with van der Waals surface area (Å²) in [7, 11) is 1.93. The van der Waals surface area contributed by atoms with Crippen molar-refractivity contribution in [2.75, 3.05) is 7.05 Å². The maximum Gasteiger partial charge on any atom is 0.265 e. The number of nitrogens with zero attached hydrogens (tertiary/aromatic N) is 2. The third kappa shape index (κ3) is 3.16. The lowest BCUT2D eigenvalue weighted by atomic mass is 9.94. The van der Waals surface area contributed by atoms with Crippen LogP contribution in [0, 0.1) is 0 Å². The normalized spacial score (nSPS) is 15.9. The maximum absolute atomic E-state index is 12.6. The molecule has 0 N–H and O–H groups in total. The molecule has 0 bridgehead atoms. The zero-order valence-electron chi connectivity index (χ0n) is 12.3. The Balaban J connectivity index is 1.74.